The van der Waals surface area contributed by atoms with Crippen molar-refractivity contribution < 1.29 is 9.53 Å². The molecule has 6 heteroatoms. The molecular weight excluding hydrogens is 296 g/mol. The Labute approximate surface area is 124 Å². The van der Waals surface area contributed by atoms with Gasteiger partial charge in [-0.05, 0) is 19.1 Å². The average molecular weight is 307 g/mol. The molecule has 0 fully saturated rings. The van der Waals surface area contributed by atoms with Crippen molar-refractivity contribution in [3.8, 4) is 11.3 Å². The highest BCUT2D eigenvalue weighted by molar-refractivity contribution is 7.18. The Hall–Kier alpha value is -1.85. The van der Waals surface area contributed by atoms with Gasteiger partial charge in [0.2, 0.25) is 0 Å². The van der Waals surface area contributed by atoms with Gasteiger partial charge in [-0.3, -0.25) is 4.40 Å². The van der Waals surface area contributed by atoms with Gasteiger partial charge < -0.3 is 4.74 Å². The molecule has 20 heavy (non-hydrogen) atoms. The summed E-state index contributed by atoms with van der Waals surface area (Å²) in [5, 5.41) is 0.694. The van der Waals surface area contributed by atoms with Crippen LogP contribution in [0.2, 0.25) is 5.02 Å². The summed E-state index contributed by atoms with van der Waals surface area (Å²) >= 11 is 7.18. The number of ether oxygens (including phenoxy) is 1. The number of halogens is 1. The van der Waals surface area contributed by atoms with E-state index in [-0.39, 0.29) is 5.97 Å². The first-order chi connectivity index (χ1) is 9.67. The topological polar surface area (TPSA) is 43.6 Å². The number of thiazole rings is 1. The molecule has 0 bridgehead atoms. The summed E-state index contributed by atoms with van der Waals surface area (Å²) in [5.74, 6) is -0.309. The van der Waals surface area contributed by atoms with Crippen LogP contribution in [0.4, 0.5) is 0 Å². The third kappa shape index (κ3) is 2.42. The standard InChI is InChI=1S/C14H11ClN2O2S/c1-2-19-13(18)12-8-17-7-11(16-14(17)20-12)9-3-5-10(15)6-4-9/h3-8H,2H2,1H3. The summed E-state index contributed by atoms with van der Waals surface area (Å²) in [4.78, 5) is 17.5. The molecule has 2 heterocycles. The van der Waals surface area contributed by atoms with Gasteiger partial charge in [0.15, 0.2) is 4.96 Å². The Morgan fingerprint density at radius 1 is 1.35 bits per heavy atom. The Morgan fingerprint density at radius 2 is 2.10 bits per heavy atom. The molecule has 102 valence electrons. The van der Waals surface area contributed by atoms with Crippen LogP contribution in [-0.2, 0) is 4.74 Å². The summed E-state index contributed by atoms with van der Waals surface area (Å²) in [6.45, 7) is 2.16. The SMILES string of the molecule is CCOC(=O)c1cn2cc(-c3ccc(Cl)cc3)nc2s1. The van der Waals surface area contributed by atoms with Crippen molar-refractivity contribution in [2.45, 2.75) is 6.92 Å². The number of hydrogen-bond acceptors (Lipinski definition) is 4. The van der Waals surface area contributed by atoms with E-state index in [4.69, 9.17) is 16.3 Å². The second kappa shape index (κ2) is 5.26. The molecular formula is C14H11ClN2O2S. The number of esters is 1. The minimum Gasteiger partial charge on any atom is -0.462 e. The molecule has 0 aliphatic rings. The van der Waals surface area contributed by atoms with E-state index in [1.807, 2.05) is 34.9 Å². The number of rotatable bonds is 3. The second-order valence-corrected chi connectivity index (χ2v) is 5.58. The third-order valence-electron chi connectivity index (χ3n) is 2.77. The molecule has 0 N–H and O–H groups in total. The Morgan fingerprint density at radius 3 is 2.75 bits per heavy atom. The summed E-state index contributed by atoms with van der Waals surface area (Å²) < 4.78 is 6.80. The van der Waals surface area contributed by atoms with Crippen molar-refractivity contribution in [3.63, 3.8) is 0 Å². The third-order valence-corrected chi connectivity index (χ3v) is 4.00. The van der Waals surface area contributed by atoms with Crippen molar-refractivity contribution in [2.75, 3.05) is 6.61 Å². The first-order valence-electron chi connectivity index (χ1n) is 6.09. The molecule has 0 radical (unpaired) electrons. The highest BCUT2D eigenvalue weighted by Crippen LogP contribution is 2.25. The van der Waals surface area contributed by atoms with Crippen molar-refractivity contribution in [2.24, 2.45) is 0 Å². The van der Waals surface area contributed by atoms with Crippen LogP contribution in [-0.4, -0.2) is 22.0 Å². The molecule has 0 aliphatic heterocycles. The van der Waals surface area contributed by atoms with E-state index in [2.05, 4.69) is 4.98 Å². The number of hydrogen-bond donors (Lipinski definition) is 0. The van der Waals surface area contributed by atoms with Crippen LogP contribution in [0.3, 0.4) is 0 Å². The van der Waals surface area contributed by atoms with E-state index >= 15 is 0 Å². The lowest BCUT2D eigenvalue weighted by atomic mass is 10.2. The maximum atomic E-state index is 11.6. The monoisotopic (exact) mass is 306 g/mol. The van der Waals surface area contributed by atoms with Crippen molar-refractivity contribution in [1.29, 1.82) is 0 Å². The summed E-state index contributed by atoms with van der Waals surface area (Å²) in [5.41, 5.74) is 1.84. The first kappa shape index (κ1) is 13.1. The van der Waals surface area contributed by atoms with Crippen molar-refractivity contribution in [1.82, 2.24) is 9.38 Å². The predicted octanol–water partition coefficient (Wildman–Crippen LogP) is 3.89. The zero-order valence-electron chi connectivity index (χ0n) is 10.7. The molecule has 0 amide bonds. The van der Waals surface area contributed by atoms with Crippen LogP contribution in [0, 0.1) is 0 Å². The van der Waals surface area contributed by atoms with E-state index < -0.39 is 0 Å². The van der Waals surface area contributed by atoms with E-state index in [0.717, 1.165) is 16.2 Å². The van der Waals surface area contributed by atoms with Crippen LogP contribution in [0.25, 0.3) is 16.2 Å². The molecule has 0 saturated carbocycles. The maximum Gasteiger partial charge on any atom is 0.349 e. The van der Waals surface area contributed by atoms with Crippen molar-refractivity contribution >= 4 is 33.9 Å². The van der Waals surface area contributed by atoms with E-state index in [1.165, 1.54) is 11.3 Å². The fraction of sp³-hybridized carbons (Fsp3) is 0.143. The highest BCUT2D eigenvalue weighted by Gasteiger charge is 2.13. The van der Waals surface area contributed by atoms with Crippen LogP contribution >= 0.6 is 22.9 Å². The molecule has 3 aromatic rings. The number of carbonyl (C=O) groups is 1. The van der Waals surface area contributed by atoms with Crippen LogP contribution in [0.15, 0.2) is 36.7 Å². The van der Waals surface area contributed by atoms with Crippen LogP contribution < -0.4 is 0 Å². The first-order valence-corrected chi connectivity index (χ1v) is 7.28. The van der Waals surface area contributed by atoms with Crippen LogP contribution in [0.5, 0.6) is 0 Å². The van der Waals surface area contributed by atoms with E-state index in [1.54, 1.807) is 13.1 Å². The predicted molar refractivity (Wildman–Crippen MR) is 79.5 cm³/mol. The number of carbonyl (C=O) groups excluding carboxylic acids is 1. The van der Waals surface area contributed by atoms with Gasteiger partial charge in [-0.15, -0.1) is 0 Å². The van der Waals surface area contributed by atoms with E-state index in [0.29, 0.717) is 16.5 Å². The lowest BCUT2D eigenvalue weighted by Gasteiger charge is -1.97. The zero-order valence-corrected chi connectivity index (χ0v) is 12.2. The Kier molecular flexibility index (Phi) is 3.46. The van der Waals surface area contributed by atoms with Crippen molar-refractivity contribution in [3.05, 3.63) is 46.6 Å². The molecule has 4 nitrogen and oxygen atoms in total. The Balaban J connectivity index is 1.94. The zero-order chi connectivity index (χ0) is 14.1. The number of imidazole rings is 1. The van der Waals surface area contributed by atoms with Gasteiger partial charge in [0.05, 0.1) is 12.3 Å². The lowest BCUT2D eigenvalue weighted by Crippen LogP contribution is -2.01. The summed E-state index contributed by atoms with van der Waals surface area (Å²) in [6, 6.07) is 7.49. The van der Waals surface area contributed by atoms with Gasteiger partial charge in [0.25, 0.3) is 0 Å². The second-order valence-electron chi connectivity index (χ2n) is 4.14. The normalized spacial score (nSPS) is 10.9. The smallest absolute Gasteiger partial charge is 0.349 e. The number of aromatic nitrogens is 2. The molecule has 0 atom stereocenters. The minimum absolute atomic E-state index is 0.309. The molecule has 0 aliphatic carbocycles. The molecule has 1 aromatic carbocycles. The average Bonchev–Trinajstić information content (AvgIpc) is 2.98. The van der Waals surface area contributed by atoms with Gasteiger partial charge in [0.1, 0.15) is 4.88 Å². The van der Waals surface area contributed by atoms with Gasteiger partial charge in [-0.1, -0.05) is 35.1 Å². The molecule has 0 unspecified atom stereocenters. The fourth-order valence-corrected chi connectivity index (χ4v) is 2.84. The molecule has 0 spiro atoms. The molecule has 2 aromatic heterocycles. The maximum absolute atomic E-state index is 11.6. The lowest BCUT2D eigenvalue weighted by molar-refractivity contribution is 0.0531. The van der Waals surface area contributed by atoms with Gasteiger partial charge in [-0.2, -0.15) is 0 Å². The van der Waals surface area contributed by atoms with E-state index in [9.17, 15) is 4.79 Å². The number of fused-ring (bicyclic) bond motifs is 1. The summed E-state index contributed by atoms with van der Waals surface area (Å²) in [6.07, 6.45) is 3.63. The van der Waals surface area contributed by atoms with Gasteiger partial charge in [0, 0.05) is 23.0 Å². The molecule has 0 saturated heterocycles. The van der Waals surface area contributed by atoms with Crippen LogP contribution in [0.1, 0.15) is 16.6 Å². The number of benzene rings is 1. The number of nitrogens with zero attached hydrogens (tertiary/aromatic N) is 2. The minimum atomic E-state index is -0.309. The Bertz CT molecular complexity index is 730. The van der Waals surface area contributed by atoms with Gasteiger partial charge >= 0.3 is 5.97 Å². The molecule has 3 rings (SSSR count). The quantitative estimate of drug-likeness (QED) is 0.689. The highest BCUT2D eigenvalue weighted by atomic mass is 35.5. The fourth-order valence-electron chi connectivity index (χ4n) is 1.85. The van der Waals surface area contributed by atoms with Gasteiger partial charge in [-0.25, -0.2) is 9.78 Å². The largest absolute Gasteiger partial charge is 0.462 e. The summed E-state index contributed by atoms with van der Waals surface area (Å²) in [7, 11) is 0.